The average molecular weight is 403 g/mol. The molecule has 0 saturated carbocycles. The van der Waals surface area contributed by atoms with E-state index in [1.807, 2.05) is 36.1 Å². The molecule has 28 heavy (non-hydrogen) atoms. The summed E-state index contributed by atoms with van der Waals surface area (Å²) in [5, 5.41) is 0.540. The first-order valence-electron chi connectivity index (χ1n) is 9.78. The lowest BCUT2D eigenvalue weighted by Gasteiger charge is -2.40. The number of carbonyl (C=O) groups excluding carboxylic acids is 1. The van der Waals surface area contributed by atoms with Gasteiger partial charge in [-0.2, -0.15) is 0 Å². The zero-order valence-corrected chi connectivity index (χ0v) is 17.4. The van der Waals surface area contributed by atoms with Gasteiger partial charge in [0.25, 0.3) is 0 Å². The van der Waals surface area contributed by atoms with Crippen molar-refractivity contribution in [1.29, 1.82) is 0 Å². The van der Waals surface area contributed by atoms with Gasteiger partial charge in [0.15, 0.2) is 0 Å². The van der Waals surface area contributed by atoms with Gasteiger partial charge in [-0.25, -0.2) is 9.97 Å². The normalized spacial score (nSPS) is 16.9. The number of rotatable bonds is 6. The van der Waals surface area contributed by atoms with E-state index in [1.165, 1.54) is 6.33 Å². The van der Waals surface area contributed by atoms with Crippen LogP contribution in [0.25, 0.3) is 0 Å². The van der Waals surface area contributed by atoms with E-state index in [0.29, 0.717) is 29.6 Å². The van der Waals surface area contributed by atoms with Crippen molar-refractivity contribution in [2.24, 2.45) is 0 Å². The summed E-state index contributed by atoms with van der Waals surface area (Å²) >= 11 is 6.22. The molecule has 6 nitrogen and oxygen atoms in total. The molecule has 1 atom stereocenters. The Morgan fingerprint density at radius 1 is 1.29 bits per heavy atom. The van der Waals surface area contributed by atoms with Crippen molar-refractivity contribution in [3.05, 3.63) is 41.2 Å². The van der Waals surface area contributed by atoms with Crippen LogP contribution in [0.4, 0.5) is 5.82 Å². The zero-order chi connectivity index (χ0) is 20.1. The Balaban J connectivity index is 1.68. The third-order valence-electron chi connectivity index (χ3n) is 4.94. The lowest BCUT2D eigenvalue weighted by molar-refractivity contribution is -0.133. The van der Waals surface area contributed by atoms with Crippen LogP contribution in [-0.2, 0) is 4.79 Å². The van der Waals surface area contributed by atoms with Crippen LogP contribution < -0.4 is 9.64 Å². The molecule has 150 valence electrons. The predicted molar refractivity (Wildman–Crippen MR) is 111 cm³/mol. The van der Waals surface area contributed by atoms with Gasteiger partial charge >= 0.3 is 0 Å². The molecule has 1 amide bonds. The van der Waals surface area contributed by atoms with E-state index in [1.54, 1.807) is 0 Å². The van der Waals surface area contributed by atoms with E-state index in [-0.39, 0.29) is 11.9 Å². The summed E-state index contributed by atoms with van der Waals surface area (Å²) in [4.78, 5) is 25.1. The summed E-state index contributed by atoms with van der Waals surface area (Å²) in [5.74, 6) is 2.06. The highest BCUT2D eigenvalue weighted by molar-refractivity contribution is 6.32. The van der Waals surface area contributed by atoms with E-state index in [9.17, 15) is 4.79 Å². The Morgan fingerprint density at radius 2 is 2.11 bits per heavy atom. The van der Waals surface area contributed by atoms with E-state index in [0.717, 1.165) is 37.3 Å². The standard InChI is InChI=1S/C21H27ClN4O2/c1-4-5-6-21(27)26-10-9-25(13-16(26)3)19-12-20(24-14-23-19)28-18-11-15(2)7-8-17(18)22/h7-8,11-12,14,16H,4-6,9-10,13H2,1-3H3/t16-/m1/s1. The lowest BCUT2D eigenvalue weighted by Crippen LogP contribution is -2.54. The van der Waals surface area contributed by atoms with Crippen LogP contribution in [0, 0.1) is 6.92 Å². The quantitative estimate of drug-likeness (QED) is 0.714. The van der Waals surface area contributed by atoms with Crippen molar-refractivity contribution in [1.82, 2.24) is 14.9 Å². The maximum atomic E-state index is 12.4. The SMILES string of the molecule is CCCCC(=O)N1CCN(c2cc(Oc3cc(C)ccc3Cl)ncn2)C[C@H]1C. The highest BCUT2D eigenvalue weighted by atomic mass is 35.5. The van der Waals surface area contributed by atoms with Crippen LogP contribution in [0.5, 0.6) is 11.6 Å². The third-order valence-corrected chi connectivity index (χ3v) is 5.26. The first-order valence-corrected chi connectivity index (χ1v) is 10.2. The van der Waals surface area contributed by atoms with Crippen molar-refractivity contribution in [2.45, 2.75) is 46.1 Å². The number of benzene rings is 1. The highest BCUT2D eigenvalue weighted by Crippen LogP contribution is 2.30. The Kier molecular flexibility index (Phi) is 6.73. The molecule has 1 aromatic carbocycles. The second-order valence-corrected chi connectivity index (χ2v) is 7.64. The van der Waals surface area contributed by atoms with Crippen LogP contribution in [0.15, 0.2) is 30.6 Å². The molecule has 1 aliphatic rings. The molecule has 0 bridgehead atoms. The molecule has 0 aliphatic carbocycles. The molecule has 1 fully saturated rings. The number of hydrogen-bond acceptors (Lipinski definition) is 5. The number of nitrogens with zero attached hydrogens (tertiary/aromatic N) is 4. The Hall–Kier alpha value is -2.34. The number of halogens is 1. The van der Waals surface area contributed by atoms with Gasteiger partial charge in [-0.1, -0.05) is 31.0 Å². The summed E-state index contributed by atoms with van der Waals surface area (Å²) in [7, 11) is 0. The Labute approximate surface area is 171 Å². The van der Waals surface area contributed by atoms with Crippen molar-refractivity contribution in [3.63, 3.8) is 0 Å². The number of hydrogen-bond donors (Lipinski definition) is 0. The van der Waals surface area contributed by atoms with Gasteiger partial charge in [0.2, 0.25) is 11.8 Å². The molecule has 1 saturated heterocycles. The summed E-state index contributed by atoms with van der Waals surface area (Å²) in [6.45, 7) is 8.35. The molecule has 2 aromatic rings. The minimum atomic E-state index is 0.142. The van der Waals surface area contributed by atoms with Crippen LogP contribution in [0.3, 0.4) is 0 Å². The first-order chi connectivity index (χ1) is 13.5. The van der Waals surface area contributed by atoms with Crippen molar-refractivity contribution < 1.29 is 9.53 Å². The molecule has 7 heteroatoms. The Bertz CT molecular complexity index is 830. The molecule has 0 unspecified atom stereocenters. The molecule has 0 spiro atoms. The van der Waals surface area contributed by atoms with Crippen LogP contribution >= 0.6 is 11.6 Å². The lowest BCUT2D eigenvalue weighted by atomic mass is 10.1. The molecule has 3 rings (SSSR count). The molecule has 1 aromatic heterocycles. The number of ether oxygens (including phenoxy) is 1. The van der Waals surface area contributed by atoms with Crippen LogP contribution in [0.2, 0.25) is 5.02 Å². The second kappa shape index (κ2) is 9.24. The second-order valence-electron chi connectivity index (χ2n) is 7.24. The van der Waals surface area contributed by atoms with Gasteiger partial charge in [-0.05, 0) is 38.0 Å². The van der Waals surface area contributed by atoms with Gasteiger partial charge in [0.05, 0.1) is 5.02 Å². The third kappa shape index (κ3) is 4.93. The first kappa shape index (κ1) is 20.4. The number of carbonyl (C=O) groups is 1. The monoisotopic (exact) mass is 402 g/mol. The van der Waals surface area contributed by atoms with Gasteiger partial charge in [0.1, 0.15) is 17.9 Å². The Morgan fingerprint density at radius 3 is 2.86 bits per heavy atom. The molecular weight excluding hydrogens is 376 g/mol. The largest absolute Gasteiger partial charge is 0.437 e. The van der Waals surface area contributed by atoms with Crippen molar-refractivity contribution in [2.75, 3.05) is 24.5 Å². The number of aromatic nitrogens is 2. The van der Waals surface area contributed by atoms with Crippen LogP contribution in [-0.4, -0.2) is 46.5 Å². The van der Waals surface area contributed by atoms with E-state index < -0.39 is 0 Å². The van der Waals surface area contributed by atoms with Crippen molar-refractivity contribution >= 4 is 23.3 Å². The molecule has 2 heterocycles. The van der Waals surface area contributed by atoms with Gasteiger partial charge in [-0.15, -0.1) is 0 Å². The van der Waals surface area contributed by atoms with Gasteiger partial charge in [0, 0.05) is 38.2 Å². The maximum absolute atomic E-state index is 12.4. The van der Waals surface area contributed by atoms with Crippen LogP contribution in [0.1, 0.15) is 38.7 Å². The summed E-state index contributed by atoms with van der Waals surface area (Å²) in [5.41, 5.74) is 1.06. The van der Waals surface area contributed by atoms with Crippen molar-refractivity contribution in [3.8, 4) is 11.6 Å². The predicted octanol–water partition coefficient (Wildman–Crippen LogP) is 4.46. The summed E-state index contributed by atoms with van der Waals surface area (Å²) < 4.78 is 5.88. The number of amides is 1. The fourth-order valence-electron chi connectivity index (χ4n) is 3.37. The van der Waals surface area contributed by atoms with Gasteiger partial charge < -0.3 is 14.5 Å². The smallest absolute Gasteiger partial charge is 0.224 e. The molecule has 1 aliphatic heterocycles. The fourth-order valence-corrected chi connectivity index (χ4v) is 3.52. The molecule has 0 radical (unpaired) electrons. The minimum absolute atomic E-state index is 0.142. The van der Waals surface area contributed by atoms with E-state index in [2.05, 4.69) is 28.7 Å². The summed E-state index contributed by atoms with van der Waals surface area (Å²) in [6.07, 6.45) is 4.11. The number of anilines is 1. The highest BCUT2D eigenvalue weighted by Gasteiger charge is 2.27. The fraction of sp³-hybridized carbons (Fsp3) is 0.476. The number of unbranched alkanes of at least 4 members (excludes halogenated alkanes) is 1. The number of aryl methyl sites for hydroxylation is 1. The maximum Gasteiger partial charge on any atom is 0.224 e. The molecular formula is C21H27ClN4O2. The van der Waals surface area contributed by atoms with E-state index in [4.69, 9.17) is 16.3 Å². The topological polar surface area (TPSA) is 58.6 Å². The zero-order valence-electron chi connectivity index (χ0n) is 16.7. The van der Waals surface area contributed by atoms with E-state index >= 15 is 0 Å². The summed E-state index contributed by atoms with van der Waals surface area (Å²) in [6, 6.07) is 7.59. The average Bonchev–Trinajstić information content (AvgIpc) is 2.69. The number of piperazine rings is 1. The molecule has 0 N–H and O–H groups in total. The minimum Gasteiger partial charge on any atom is -0.437 e. The van der Waals surface area contributed by atoms with Gasteiger partial charge in [-0.3, -0.25) is 4.79 Å².